The first kappa shape index (κ1) is 40.5. The number of hydrogen-bond acceptors (Lipinski definition) is 2. The van der Waals surface area contributed by atoms with Crippen molar-refractivity contribution >= 4 is 101 Å². The second-order valence-corrected chi connectivity index (χ2v) is 19.6. The maximum absolute atomic E-state index is 5.89. The molecule has 11 aromatic rings. The van der Waals surface area contributed by atoms with Crippen molar-refractivity contribution in [3.8, 4) is 44.5 Å². The van der Waals surface area contributed by atoms with Crippen molar-refractivity contribution in [2.45, 2.75) is 19.3 Å². The van der Waals surface area contributed by atoms with Gasteiger partial charge in [-0.1, -0.05) is 219 Å². The van der Waals surface area contributed by atoms with Crippen molar-refractivity contribution in [1.82, 2.24) is 0 Å². The van der Waals surface area contributed by atoms with Crippen LogP contribution in [0.2, 0.25) is 0 Å². The SMILES string of the molecule is Brc1cc2oc3ccccc3c2cc1-c1ccccc1.Brc1cc2sc3ccccc3c2cc1-c1ccccc1.CC1(C)c2ccccc2-c2ccc(Br)c(-c3ccccc3)c21. The minimum absolute atomic E-state index is 0.0148. The molecule has 0 saturated heterocycles. The number of rotatable bonds is 3. The normalized spacial score (nSPS) is 12.4. The molecule has 2 heterocycles. The fourth-order valence-electron chi connectivity index (χ4n) is 8.91. The Labute approximate surface area is 391 Å². The van der Waals surface area contributed by atoms with E-state index in [4.69, 9.17) is 4.42 Å². The van der Waals surface area contributed by atoms with Crippen molar-refractivity contribution in [2.75, 3.05) is 0 Å². The van der Waals surface area contributed by atoms with Crippen molar-refractivity contribution in [3.05, 3.63) is 225 Å². The highest BCUT2D eigenvalue weighted by Gasteiger charge is 2.38. The first-order chi connectivity index (χ1) is 30.3. The van der Waals surface area contributed by atoms with E-state index in [1.165, 1.54) is 80.3 Å². The Hall–Kier alpha value is -5.56. The van der Waals surface area contributed by atoms with E-state index in [0.29, 0.717) is 0 Å². The summed E-state index contributed by atoms with van der Waals surface area (Å²) < 4.78 is 11.9. The predicted octanol–water partition coefficient (Wildman–Crippen LogP) is 18.9. The molecule has 9 aromatic carbocycles. The third-order valence-electron chi connectivity index (χ3n) is 11.8. The Balaban J connectivity index is 0.000000111. The first-order valence-electron chi connectivity index (χ1n) is 20.6. The molecule has 0 N–H and O–H groups in total. The van der Waals surface area contributed by atoms with E-state index < -0.39 is 0 Å². The van der Waals surface area contributed by atoms with E-state index in [-0.39, 0.29) is 5.41 Å². The number of halogens is 3. The van der Waals surface area contributed by atoms with Gasteiger partial charge in [-0.15, -0.1) is 11.3 Å². The average molecular weight is 1010 g/mol. The Morgan fingerprint density at radius 3 is 1.63 bits per heavy atom. The molecule has 0 radical (unpaired) electrons. The molecule has 0 spiro atoms. The maximum atomic E-state index is 5.89. The van der Waals surface area contributed by atoms with E-state index in [0.717, 1.165) is 30.9 Å². The summed E-state index contributed by atoms with van der Waals surface area (Å²) >= 11 is 13.0. The minimum atomic E-state index is 0.0148. The number of para-hydroxylation sites is 1. The van der Waals surface area contributed by atoms with E-state index in [1.54, 1.807) is 0 Å². The van der Waals surface area contributed by atoms with Crippen LogP contribution in [0.15, 0.2) is 218 Å². The highest BCUT2D eigenvalue weighted by atomic mass is 79.9. The van der Waals surface area contributed by atoms with Gasteiger partial charge in [-0.25, -0.2) is 0 Å². The fourth-order valence-corrected chi connectivity index (χ4v) is 11.9. The number of furan rings is 1. The second kappa shape index (κ2) is 17.0. The molecule has 2 aromatic heterocycles. The van der Waals surface area contributed by atoms with Crippen LogP contribution < -0.4 is 0 Å². The van der Waals surface area contributed by atoms with E-state index >= 15 is 0 Å². The lowest BCUT2D eigenvalue weighted by atomic mass is 9.79. The number of benzene rings is 9. The molecule has 300 valence electrons. The molecule has 5 heteroatoms. The molecule has 0 aliphatic heterocycles. The van der Waals surface area contributed by atoms with Crippen LogP contribution in [0.3, 0.4) is 0 Å². The van der Waals surface area contributed by atoms with Crippen LogP contribution in [0, 0.1) is 0 Å². The number of hydrogen-bond donors (Lipinski definition) is 0. The maximum Gasteiger partial charge on any atom is 0.136 e. The summed E-state index contributed by atoms with van der Waals surface area (Å²) in [4.78, 5) is 0. The van der Waals surface area contributed by atoms with Crippen LogP contribution in [-0.4, -0.2) is 0 Å². The van der Waals surface area contributed by atoms with Crippen LogP contribution in [0.25, 0.3) is 86.6 Å². The monoisotopic (exact) mass is 1010 g/mol. The van der Waals surface area contributed by atoms with Crippen LogP contribution in [0.4, 0.5) is 0 Å². The molecule has 1 aliphatic rings. The molecule has 62 heavy (non-hydrogen) atoms. The largest absolute Gasteiger partial charge is 0.456 e. The summed E-state index contributed by atoms with van der Waals surface area (Å²) in [5.74, 6) is 0. The summed E-state index contributed by atoms with van der Waals surface area (Å²) in [7, 11) is 0. The molecule has 1 aliphatic carbocycles. The Morgan fingerprint density at radius 1 is 0.387 bits per heavy atom. The summed E-state index contributed by atoms with van der Waals surface area (Å²) in [5, 5.41) is 5.00. The second-order valence-electron chi connectivity index (χ2n) is 16.0. The van der Waals surface area contributed by atoms with Gasteiger partial charge in [-0.2, -0.15) is 0 Å². The quantitative estimate of drug-likeness (QED) is 0.172. The van der Waals surface area contributed by atoms with Gasteiger partial charge in [0.1, 0.15) is 11.2 Å². The van der Waals surface area contributed by atoms with Crippen LogP contribution in [0.5, 0.6) is 0 Å². The Bertz CT molecular complexity index is 3250. The van der Waals surface area contributed by atoms with Crippen molar-refractivity contribution in [3.63, 3.8) is 0 Å². The van der Waals surface area contributed by atoms with Gasteiger partial charge in [0.2, 0.25) is 0 Å². The smallest absolute Gasteiger partial charge is 0.136 e. The average Bonchev–Trinajstić information content (AvgIpc) is 3.93. The third kappa shape index (κ3) is 7.45. The van der Waals surface area contributed by atoms with Crippen molar-refractivity contribution in [1.29, 1.82) is 0 Å². The van der Waals surface area contributed by atoms with Gasteiger partial charge in [0.15, 0.2) is 0 Å². The molecule has 0 atom stereocenters. The topological polar surface area (TPSA) is 13.1 Å². The zero-order valence-corrected chi connectivity index (χ0v) is 39.6. The summed E-state index contributed by atoms with van der Waals surface area (Å²) in [6.07, 6.45) is 0. The predicted molar refractivity (Wildman–Crippen MR) is 276 cm³/mol. The summed E-state index contributed by atoms with van der Waals surface area (Å²) in [6, 6.07) is 70.3. The lowest BCUT2D eigenvalue weighted by molar-refractivity contribution is 0.662. The van der Waals surface area contributed by atoms with Crippen molar-refractivity contribution in [2.24, 2.45) is 0 Å². The molecule has 0 saturated carbocycles. The fraction of sp³-hybridized carbons (Fsp3) is 0.0526. The van der Waals surface area contributed by atoms with Crippen LogP contribution in [0.1, 0.15) is 25.0 Å². The van der Waals surface area contributed by atoms with Gasteiger partial charge in [-0.3, -0.25) is 0 Å². The summed E-state index contributed by atoms with van der Waals surface area (Å²) in [5.41, 5.74) is 14.9. The number of fused-ring (bicyclic) bond motifs is 9. The molecule has 0 fully saturated rings. The Morgan fingerprint density at radius 2 is 0.935 bits per heavy atom. The van der Waals surface area contributed by atoms with E-state index in [9.17, 15) is 0 Å². The van der Waals surface area contributed by atoms with Gasteiger partial charge >= 0.3 is 0 Å². The minimum Gasteiger partial charge on any atom is -0.456 e. The van der Waals surface area contributed by atoms with E-state index in [2.05, 4.69) is 238 Å². The zero-order valence-electron chi connectivity index (χ0n) is 34.0. The van der Waals surface area contributed by atoms with Crippen LogP contribution in [-0.2, 0) is 5.41 Å². The van der Waals surface area contributed by atoms with Gasteiger partial charge in [0.05, 0.1) is 0 Å². The zero-order chi connectivity index (χ0) is 42.4. The molecular formula is C57H39Br3OS. The standard InChI is InChI=1S/C21H17Br.C18H11BrO.C18H11BrS/c1-21(2)17-11-7-6-10-15(17)16-12-13-18(22)19(20(16)21)14-8-4-3-5-9-14;2*19-16-11-18-15(13-8-4-5-9-17(13)20-18)10-14(16)12-6-2-1-3-7-12/h3-13H,1-2H3;2*1-11H. The van der Waals surface area contributed by atoms with Gasteiger partial charge in [0, 0.05) is 55.3 Å². The first-order valence-corrected chi connectivity index (χ1v) is 23.8. The van der Waals surface area contributed by atoms with E-state index in [1.807, 2.05) is 35.6 Å². The molecule has 0 unspecified atom stereocenters. The lowest BCUT2D eigenvalue weighted by Gasteiger charge is -2.25. The number of thiophene rings is 1. The van der Waals surface area contributed by atoms with Gasteiger partial charge < -0.3 is 4.42 Å². The highest BCUT2D eigenvalue weighted by molar-refractivity contribution is 9.11. The van der Waals surface area contributed by atoms with Gasteiger partial charge in [0.25, 0.3) is 0 Å². The molecule has 0 amide bonds. The molecule has 0 bridgehead atoms. The molecule has 12 rings (SSSR count). The van der Waals surface area contributed by atoms with Crippen LogP contribution >= 0.6 is 59.1 Å². The lowest BCUT2D eigenvalue weighted by Crippen LogP contribution is -2.16. The summed E-state index contributed by atoms with van der Waals surface area (Å²) in [6.45, 7) is 4.66. The molecular weight excluding hydrogens is 972 g/mol. The third-order valence-corrected chi connectivity index (χ3v) is 14.9. The van der Waals surface area contributed by atoms with Gasteiger partial charge in [-0.05, 0) is 92.5 Å². The Kier molecular flexibility index (Phi) is 11.1. The molecule has 1 nitrogen and oxygen atoms in total. The van der Waals surface area contributed by atoms with Crippen molar-refractivity contribution < 1.29 is 4.42 Å². The highest BCUT2D eigenvalue weighted by Crippen LogP contribution is 2.53.